The molecule has 0 radical (unpaired) electrons. The molecule has 4 aliphatic carbocycles. The van der Waals surface area contributed by atoms with Crippen molar-refractivity contribution in [2.75, 3.05) is 7.11 Å². The Morgan fingerprint density at radius 2 is 1.69 bits per heavy atom. The molecule has 182 valence electrons. The van der Waals surface area contributed by atoms with Crippen molar-refractivity contribution < 1.29 is 4.74 Å². The fraction of sp³-hybridized carbons (Fsp3) is 0.871. The summed E-state index contributed by atoms with van der Waals surface area (Å²) in [7, 11) is 1.94. The smallest absolute Gasteiger partial charge is 0.0625 e. The molecule has 2 saturated carbocycles. The number of hydrogen-bond donors (Lipinski definition) is 0. The molecule has 0 heterocycles. The van der Waals surface area contributed by atoms with Crippen LogP contribution in [0.2, 0.25) is 0 Å². The highest BCUT2D eigenvalue weighted by Crippen LogP contribution is 2.72. The van der Waals surface area contributed by atoms with Gasteiger partial charge in [0.2, 0.25) is 0 Å². The van der Waals surface area contributed by atoms with Crippen LogP contribution in [-0.2, 0) is 4.74 Å². The van der Waals surface area contributed by atoms with Gasteiger partial charge >= 0.3 is 0 Å². The second-order valence-electron chi connectivity index (χ2n) is 13.8. The Morgan fingerprint density at radius 1 is 0.969 bits per heavy atom. The van der Waals surface area contributed by atoms with Crippen LogP contribution < -0.4 is 0 Å². The Morgan fingerprint density at radius 3 is 2.34 bits per heavy atom. The largest absolute Gasteiger partial charge is 0.381 e. The van der Waals surface area contributed by atoms with Gasteiger partial charge in [-0.15, -0.1) is 0 Å². The summed E-state index contributed by atoms with van der Waals surface area (Å²) < 4.78 is 6.01. The average molecular weight is 441 g/mol. The Kier molecular flexibility index (Phi) is 6.36. The third-order valence-corrected chi connectivity index (χ3v) is 11.9. The molecule has 0 amide bonds. The lowest BCUT2D eigenvalue weighted by Crippen LogP contribution is -2.55. The van der Waals surface area contributed by atoms with Gasteiger partial charge in [0, 0.05) is 7.11 Å². The normalized spacial score (nSPS) is 43.8. The molecule has 0 bridgehead atoms. The maximum Gasteiger partial charge on any atom is 0.0625 e. The molecule has 32 heavy (non-hydrogen) atoms. The van der Waals surface area contributed by atoms with Gasteiger partial charge in [0.05, 0.1) is 6.10 Å². The van der Waals surface area contributed by atoms with Crippen molar-refractivity contribution >= 4 is 0 Å². The van der Waals surface area contributed by atoms with E-state index in [1.807, 2.05) is 18.3 Å². The number of allylic oxidation sites excluding steroid dienone is 4. The second-order valence-corrected chi connectivity index (χ2v) is 13.8. The zero-order valence-electron chi connectivity index (χ0n) is 22.9. The standard InChI is InChI=1S/C31H52O/c1-21(2)11-10-12-22(3)23-15-19-31(8)25-13-14-26-28(4,5)27(32-9)17-18-29(26,6)24(25)16-20-30(23,31)7/h11,22-23,26-27H,10,12-20H2,1-9H3/t22-,23-,26?,27?,29-,30+,31+/m1/s1. The zero-order valence-corrected chi connectivity index (χ0v) is 22.9. The van der Waals surface area contributed by atoms with Crippen LogP contribution in [0.3, 0.4) is 0 Å². The quantitative estimate of drug-likeness (QED) is 0.387. The zero-order chi connectivity index (χ0) is 23.5. The van der Waals surface area contributed by atoms with Crippen LogP contribution in [0, 0.1) is 39.4 Å². The molecule has 0 N–H and O–H groups in total. The van der Waals surface area contributed by atoms with Crippen molar-refractivity contribution in [3.8, 4) is 0 Å². The highest BCUT2D eigenvalue weighted by atomic mass is 16.5. The van der Waals surface area contributed by atoms with Crippen molar-refractivity contribution in [1.82, 2.24) is 0 Å². The second kappa shape index (κ2) is 8.28. The average Bonchev–Trinajstić information content (AvgIpc) is 2.99. The molecule has 2 unspecified atom stereocenters. The van der Waals surface area contributed by atoms with Crippen LogP contribution in [0.1, 0.15) is 120 Å². The summed E-state index contributed by atoms with van der Waals surface area (Å²) in [5.41, 5.74) is 6.89. The molecule has 0 aromatic heterocycles. The lowest BCUT2D eigenvalue weighted by atomic mass is 9.43. The number of hydrogen-bond acceptors (Lipinski definition) is 1. The van der Waals surface area contributed by atoms with Crippen molar-refractivity contribution in [1.29, 1.82) is 0 Å². The van der Waals surface area contributed by atoms with E-state index < -0.39 is 0 Å². The first-order valence-electron chi connectivity index (χ1n) is 13.8. The first-order valence-corrected chi connectivity index (χ1v) is 13.8. The van der Waals surface area contributed by atoms with E-state index in [-0.39, 0.29) is 5.41 Å². The Labute approximate surface area is 199 Å². The van der Waals surface area contributed by atoms with Crippen molar-refractivity contribution in [2.24, 2.45) is 39.4 Å². The summed E-state index contributed by atoms with van der Waals surface area (Å²) in [6, 6.07) is 0. The number of methoxy groups -OCH3 is 1. The molecular weight excluding hydrogens is 388 g/mol. The minimum Gasteiger partial charge on any atom is -0.381 e. The van der Waals surface area contributed by atoms with Gasteiger partial charge in [-0.1, -0.05) is 64.3 Å². The first kappa shape index (κ1) is 24.6. The molecule has 4 aliphatic rings. The molecule has 1 heteroatoms. The number of fused-ring (bicyclic) bond motifs is 4. The monoisotopic (exact) mass is 440 g/mol. The van der Waals surface area contributed by atoms with Crippen molar-refractivity contribution in [3.05, 3.63) is 22.8 Å². The van der Waals surface area contributed by atoms with Crippen LogP contribution in [0.25, 0.3) is 0 Å². The van der Waals surface area contributed by atoms with Crippen LogP contribution in [0.5, 0.6) is 0 Å². The van der Waals surface area contributed by atoms with E-state index in [1.165, 1.54) is 69.8 Å². The minimum absolute atomic E-state index is 0.277. The summed E-state index contributed by atoms with van der Waals surface area (Å²) in [4.78, 5) is 0. The maximum absolute atomic E-state index is 6.01. The van der Waals surface area contributed by atoms with E-state index in [1.54, 1.807) is 0 Å². The van der Waals surface area contributed by atoms with Crippen LogP contribution in [-0.4, -0.2) is 13.2 Å². The van der Waals surface area contributed by atoms with Crippen LogP contribution in [0.15, 0.2) is 22.8 Å². The third-order valence-electron chi connectivity index (χ3n) is 11.9. The molecule has 2 fully saturated rings. The Balaban J connectivity index is 1.64. The molecule has 4 rings (SSSR count). The van der Waals surface area contributed by atoms with E-state index in [0.717, 1.165) is 17.8 Å². The highest BCUT2D eigenvalue weighted by molar-refractivity contribution is 5.38. The molecule has 0 aromatic carbocycles. The topological polar surface area (TPSA) is 9.23 Å². The molecular formula is C31H52O. The molecule has 1 nitrogen and oxygen atoms in total. The summed E-state index contributed by atoms with van der Waals surface area (Å²) in [5.74, 6) is 2.49. The number of rotatable bonds is 5. The molecule has 0 saturated heterocycles. The fourth-order valence-electron chi connectivity index (χ4n) is 9.87. The molecule has 7 atom stereocenters. The molecule has 0 spiro atoms. The predicted octanol–water partition coefficient (Wildman–Crippen LogP) is 9.13. The van der Waals surface area contributed by atoms with Crippen molar-refractivity contribution in [2.45, 2.75) is 126 Å². The Bertz CT molecular complexity index is 782. The SMILES string of the molecule is COC1CC[C@]2(C)C3=C(CCC2C1(C)C)[C@]1(C)CC[C@H]([C@H](C)CCC=C(C)C)[C@]1(C)CC3. The van der Waals surface area contributed by atoms with E-state index in [2.05, 4.69) is 61.5 Å². The van der Waals surface area contributed by atoms with E-state index in [4.69, 9.17) is 4.74 Å². The Hall–Kier alpha value is -0.560. The van der Waals surface area contributed by atoms with Gasteiger partial charge in [0.25, 0.3) is 0 Å². The van der Waals surface area contributed by atoms with Gasteiger partial charge < -0.3 is 4.74 Å². The summed E-state index contributed by atoms with van der Waals surface area (Å²) in [5, 5.41) is 0. The van der Waals surface area contributed by atoms with Crippen LogP contribution >= 0.6 is 0 Å². The van der Waals surface area contributed by atoms with Gasteiger partial charge in [-0.3, -0.25) is 0 Å². The number of ether oxygens (including phenoxy) is 1. The van der Waals surface area contributed by atoms with E-state index >= 15 is 0 Å². The van der Waals surface area contributed by atoms with Gasteiger partial charge in [0.1, 0.15) is 0 Å². The third kappa shape index (κ3) is 3.42. The molecule has 0 aromatic rings. The summed E-state index contributed by atoms with van der Waals surface area (Å²) >= 11 is 0. The minimum atomic E-state index is 0.277. The fourth-order valence-corrected chi connectivity index (χ4v) is 9.87. The molecule has 0 aliphatic heterocycles. The summed E-state index contributed by atoms with van der Waals surface area (Å²) in [6.07, 6.45) is 16.4. The first-order chi connectivity index (χ1) is 14.9. The van der Waals surface area contributed by atoms with E-state index in [9.17, 15) is 0 Å². The van der Waals surface area contributed by atoms with E-state index in [0.29, 0.717) is 22.3 Å². The lowest BCUT2D eigenvalue weighted by molar-refractivity contribution is -0.112. The van der Waals surface area contributed by atoms with Crippen LogP contribution in [0.4, 0.5) is 0 Å². The lowest BCUT2D eigenvalue weighted by Gasteiger charge is -2.62. The maximum atomic E-state index is 6.01. The van der Waals surface area contributed by atoms with Gasteiger partial charge in [-0.2, -0.15) is 0 Å². The van der Waals surface area contributed by atoms with Crippen molar-refractivity contribution in [3.63, 3.8) is 0 Å². The van der Waals surface area contributed by atoms with Gasteiger partial charge in [-0.25, -0.2) is 0 Å². The highest BCUT2D eigenvalue weighted by Gasteiger charge is 2.63. The van der Waals surface area contributed by atoms with Gasteiger partial charge in [0.15, 0.2) is 0 Å². The summed E-state index contributed by atoms with van der Waals surface area (Å²) in [6.45, 7) is 20.1. The van der Waals surface area contributed by atoms with Gasteiger partial charge in [-0.05, 0) is 117 Å². The predicted molar refractivity (Wildman–Crippen MR) is 138 cm³/mol.